The highest BCUT2D eigenvalue weighted by molar-refractivity contribution is 4.88. The van der Waals surface area contributed by atoms with Crippen molar-refractivity contribution in [3.05, 3.63) is 0 Å². The molecule has 0 aromatic rings. The van der Waals surface area contributed by atoms with E-state index in [1.165, 1.54) is 38.9 Å². The number of nitrogens with zero attached hydrogens (tertiary/aromatic N) is 1. The molecule has 2 aliphatic rings. The first-order valence-electron chi connectivity index (χ1n) is 5.63. The minimum atomic E-state index is 0.412. The second-order valence-corrected chi connectivity index (χ2v) is 4.92. The molecule has 0 spiro atoms. The third-order valence-electron chi connectivity index (χ3n) is 3.67. The standard InChI is InChI=1S/C11H21NO/c1-9-2-4-12(5-3-9)7-10-6-11(10)8-13/h9-11,13H,2-8H2,1H3/t10-,11-/m0/s1. The molecule has 1 aliphatic carbocycles. The molecule has 2 heteroatoms. The van der Waals surface area contributed by atoms with E-state index in [0.29, 0.717) is 12.5 Å². The van der Waals surface area contributed by atoms with Crippen LogP contribution in [0, 0.1) is 17.8 Å². The van der Waals surface area contributed by atoms with Crippen LogP contribution < -0.4 is 0 Å². The summed E-state index contributed by atoms with van der Waals surface area (Å²) in [6, 6.07) is 0. The lowest BCUT2D eigenvalue weighted by Gasteiger charge is -2.30. The molecule has 0 radical (unpaired) electrons. The second kappa shape index (κ2) is 3.97. The number of rotatable bonds is 3. The van der Waals surface area contributed by atoms with Crippen molar-refractivity contribution in [1.29, 1.82) is 0 Å². The summed E-state index contributed by atoms with van der Waals surface area (Å²) in [7, 11) is 0. The molecule has 2 atom stereocenters. The summed E-state index contributed by atoms with van der Waals surface area (Å²) in [6.07, 6.45) is 4.01. The maximum atomic E-state index is 8.93. The number of likely N-dealkylation sites (tertiary alicyclic amines) is 1. The van der Waals surface area contributed by atoms with Crippen molar-refractivity contribution in [1.82, 2.24) is 4.90 Å². The lowest BCUT2D eigenvalue weighted by Crippen LogP contribution is -2.34. The molecule has 0 aromatic heterocycles. The van der Waals surface area contributed by atoms with Crippen LogP contribution in [0.15, 0.2) is 0 Å². The number of hydrogen-bond donors (Lipinski definition) is 1. The smallest absolute Gasteiger partial charge is 0.0462 e. The van der Waals surface area contributed by atoms with Crippen LogP contribution in [0.2, 0.25) is 0 Å². The normalized spacial score (nSPS) is 36.5. The van der Waals surface area contributed by atoms with Gasteiger partial charge in [-0.15, -0.1) is 0 Å². The average molecular weight is 183 g/mol. The van der Waals surface area contributed by atoms with Gasteiger partial charge in [0.25, 0.3) is 0 Å². The van der Waals surface area contributed by atoms with E-state index in [1.807, 2.05) is 0 Å². The zero-order valence-corrected chi connectivity index (χ0v) is 8.58. The molecule has 76 valence electrons. The van der Waals surface area contributed by atoms with Crippen molar-refractivity contribution in [3.8, 4) is 0 Å². The molecule has 2 fully saturated rings. The molecular weight excluding hydrogens is 162 g/mol. The molecular formula is C11H21NO. The zero-order chi connectivity index (χ0) is 9.26. The molecule has 1 aliphatic heterocycles. The Morgan fingerprint density at radius 1 is 1.23 bits per heavy atom. The predicted molar refractivity (Wildman–Crippen MR) is 53.5 cm³/mol. The summed E-state index contributed by atoms with van der Waals surface area (Å²) < 4.78 is 0. The maximum absolute atomic E-state index is 8.93. The summed E-state index contributed by atoms with van der Waals surface area (Å²) in [5.74, 6) is 2.39. The van der Waals surface area contributed by atoms with Crippen LogP contribution in [-0.4, -0.2) is 36.2 Å². The molecule has 0 aromatic carbocycles. The third-order valence-corrected chi connectivity index (χ3v) is 3.67. The molecule has 13 heavy (non-hydrogen) atoms. The Hall–Kier alpha value is -0.0800. The van der Waals surface area contributed by atoms with E-state index in [-0.39, 0.29) is 0 Å². The van der Waals surface area contributed by atoms with Crippen molar-refractivity contribution >= 4 is 0 Å². The Morgan fingerprint density at radius 2 is 1.92 bits per heavy atom. The number of aliphatic hydroxyl groups is 1. The molecule has 0 bridgehead atoms. The van der Waals surface area contributed by atoms with Crippen LogP contribution in [0.5, 0.6) is 0 Å². The summed E-state index contributed by atoms with van der Waals surface area (Å²) in [5, 5.41) is 8.93. The van der Waals surface area contributed by atoms with Gasteiger partial charge in [-0.25, -0.2) is 0 Å². The summed E-state index contributed by atoms with van der Waals surface area (Å²) in [4.78, 5) is 2.58. The molecule has 0 unspecified atom stereocenters. The van der Waals surface area contributed by atoms with Crippen LogP contribution in [0.3, 0.4) is 0 Å². The molecule has 2 rings (SSSR count). The number of aliphatic hydroxyl groups excluding tert-OH is 1. The van der Waals surface area contributed by atoms with Gasteiger partial charge in [0.2, 0.25) is 0 Å². The first-order chi connectivity index (χ1) is 6.29. The number of piperidine rings is 1. The van der Waals surface area contributed by atoms with E-state index in [4.69, 9.17) is 5.11 Å². The summed E-state index contributed by atoms with van der Waals surface area (Å²) >= 11 is 0. The topological polar surface area (TPSA) is 23.5 Å². The van der Waals surface area contributed by atoms with Gasteiger partial charge in [0, 0.05) is 13.2 Å². The molecule has 1 heterocycles. The molecule has 1 saturated heterocycles. The summed E-state index contributed by atoms with van der Waals surface area (Å²) in [6.45, 7) is 6.59. The molecule has 1 saturated carbocycles. The maximum Gasteiger partial charge on any atom is 0.0462 e. The number of hydrogen-bond acceptors (Lipinski definition) is 2. The van der Waals surface area contributed by atoms with Crippen molar-refractivity contribution in [2.45, 2.75) is 26.2 Å². The van der Waals surface area contributed by atoms with Crippen molar-refractivity contribution in [2.24, 2.45) is 17.8 Å². The first kappa shape index (κ1) is 9.47. The molecule has 1 N–H and O–H groups in total. The van der Waals surface area contributed by atoms with Gasteiger partial charge in [0.15, 0.2) is 0 Å². The van der Waals surface area contributed by atoms with E-state index in [1.54, 1.807) is 0 Å². The van der Waals surface area contributed by atoms with Crippen LogP contribution in [0.1, 0.15) is 26.2 Å². The van der Waals surface area contributed by atoms with Crippen molar-refractivity contribution < 1.29 is 5.11 Å². The van der Waals surface area contributed by atoms with Crippen LogP contribution in [-0.2, 0) is 0 Å². The van der Waals surface area contributed by atoms with Crippen LogP contribution >= 0.6 is 0 Å². The minimum Gasteiger partial charge on any atom is -0.396 e. The SMILES string of the molecule is CC1CCN(C[C@@H]2C[C@H]2CO)CC1. The van der Waals surface area contributed by atoms with E-state index < -0.39 is 0 Å². The highest BCUT2D eigenvalue weighted by atomic mass is 16.3. The third kappa shape index (κ3) is 2.44. The van der Waals surface area contributed by atoms with Gasteiger partial charge in [0.05, 0.1) is 0 Å². The van der Waals surface area contributed by atoms with E-state index in [2.05, 4.69) is 11.8 Å². The van der Waals surface area contributed by atoms with Gasteiger partial charge in [-0.2, -0.15) is 0 Å². The fourth-order valence-electron chi connectivity index (χ4n) is 2.33. The highest BCUT2D eigenvalue weighted by Crippen LogP contribution is 2.38. The first-order valence-corrected chi connectivity index (χ1v) is 5.63. The van der Waals surface area contributed by atoms with Crippen molar-refractivity contribution in [2.75, 3.05) is 26.2 Å². The second-order valence-electron chi connectivity index (χ2n) is 4.92. The van der Waals surface area contributed by atoms with Crippen LogP contribution in [0.4, 0.5) is 0 Å². The Labute approximate surface area is 80.9 Å². The van der Waals surface area contributed by atoms with Crippen molar-refractivity contribution in [3.63, 3.8) is 0 Å². The van der Waals surface area contributed by atoms with Gasteiger partial charge < -0.3 is 10.0 Å². The molecule has 0 amide bonds. The van der Waals surface area contributed by atoms with E-state index in [9.17, 15) is 0 Å². The molecule has 2 nitrogen and oxygen atoms in total. The van der Waals surface area contributed by atoms with E-state index >= 15 is 0 Å². The van der Waals surface area contributed by atoms with Gasteiger partial charge in [-0.1, -0.05) is 6.92 Å². The van der Waals surface area contributed by atoms with Gasteiger partial charge in [-0.05, 0) is 50.1 Å². The minimum absolute atomic E-state index is 0.412. The van der Waals surface area contributed by atoms with E-state index in [0.717, 1.165) is 11.8 Å². The fourth-order valence-corrected chi connectivity index (χ4v) is 2.33. The van der Waals surface area contributed by atoms with Gasteiger partial charge in [-0.3, -0.25) is 0 Å². The Kier molecular flexibility index (Phi) is 2.89. The summed E-state index contributed by atoms with van der Waals surface area (Å²) in [5.41, 5.74) is 0. The highest BCUT2D eigenvalue weighted by Gasteiger charge is 2.37. The fraction of sp³-hybridized carbons (Fsp3) is 1.00. The average Bonchev–Trinajstić information content (AvgIpc) is 2.88. The lowest BCUT2D eigenvalue weighted by molar-refractivity contribution is 0.177. The zero-order valence-electron chi connectivity index (χ0n) is 8.58. The quantitative estimate of drug-likeness (QED) is 0.714. The lowest BCUT2D eigenvalue weighted by atomic mass is 9.99. The predicted octanol–water partition coefficient (Wildman–Crippen LogP) is 1.35. The Balaban J connectivity index is 1.66. The van der Waals surface area contributed by atoms with Crippen LogP contribution in [0.25, 0.3) is 0 Å². The monoisotopic (exact) mass is 183 g/mol. The van der Waals surface area contributed by atoms with Gasteiger partial charge in [0.1, 0.15) is 0 Å². The van der Waals surface area contributed by atoms with Gasteiger partial charge >= 0.3 is 0 Å². The Morgan fingerprint density at radius 3 is 2.46 bits per heavy atom. The largest absolute Gasteiger partial charge is 0.396 e. The Bertz CT molecular complexity index is 163.